The van der Waals surface area contributed by atoms with Gasteiger partial charge in [0, 0.05) is 11.2 Å². The van der Waals surface area contributed by atoms with E-state index < -0.39 is 0 Å². The van der Waals surface area contributed by atoms with E-state index in [2.05, 4.69) is 15.3 Å². The van der Waals surface area contributed by atoms with Crippen LogP contribution in [-0.2, 0) is 0 Å². The van der Waals surface area contributed by atoms with Gasteiger partial charge in [0.1, 0.15) is 5.52 Å². The second-order valence-electron chi connectivity index (χ2n) is 3.33. The number of rotatable bonds is 1. The monoisotopic (exact) mass is 230 g/mol. The summed E-state index contributed by atoms with van der Waals surface area (Å²) in [5, 5.41) is 8.75. The summed E-state index contributed by atoms with van der Waals surface area (Å²) in [5.41, 5.74) is 2.35. The van der Waals surface area contributed by atoms with E-state index in [4.69, 9.17) is 11.6 Å². The van der Waals surface area contributed by atoms with E-state index in [1.165, 1.54) is 0 Å². The van der Waals surface area contributed by atoms with E-state index >= 15 is 0 Å². The van der Waals surface area contributed by atoms with Gasteiger partial charge in [-0.15, -0.1) is 5.10 Å². The van der Waals surface area contributed by atoms with Crippen molar-refractivity contribution >= 4 is 22.8 Å². The van der Waals surface area contributed by atoms with Crippen LogP contribution in [0.25, 0.3) is 16.9 Å². The average molecular weight is 231 g/mol. The van der Waals surface area contributed by atoms with E-state index in [-0.39, 0.29) is 0 Å². The molecule has 0 amide bonds. The lowest BCUT2D eigenvalue weighted by molar-refractivity contribution is 0.817. The Bertz CT molecular complexity index is 647. The molecule has 2 heterocycles. The van der Waals surface area contributed by atoms with Crippen molar-refractivity contribution in [2.45, 2.75) is 0 Å². The molecule has 0 bridgehead atoms. The fourth-order valence-corrected chi connectivity index (χ4v) is 1.73. The van der Waals surface area contributed by atoms with Gasteiger partial charge in [-0.3, -0.25) is 0 Å². The molecule has 5 heteroatoms. The van der Waals surface area contributed by atoms with Crippen LogP contribution >= 0.6 is 11.6 Å². The topological polar surface area (TPSA) is 43.6 Å². The number of aromatic nitrogens is 4. The third kappa shape index (κ3) is 1.44. The Balaban J connectivity index is 2.26. The van der Waals surface area contributed by atoms with E-state index in [1.54, 1.807) is 10.9 Å². The molecule has 0 aliphatic carbocycles. The van der Waals surface area contributed by atoms with Gasteiger partial charge in [-0.2, -0.15) is 4.68 Å². The normalized spacial score (nSPS) is 10.8. The van der Waals surface area contributed by atoms with Crippen LogP contribution in [-0.4, -0.2) is 20.0 Å². The van der Waals surface area contributed by atoms with Gasteiger partial charge >= 0.3 is 0 Å². The molecule has 0 saturated carbocycles. The van der Waals surface area contributed by atoms with Crippen molar-refractivity contribution in [2.75, 3.05) is 0 Å². The molecule has 0 spiro atoms. The number of benzene rings is 1. The lowest BCUT2D eigenvalue weighted by atomic mass is 10.3. The van der Waals surface area contributed by atoms with Crippen LogP contribution in [0.4, 0.5) is 0 Å². The standard InChI is InChI=1S/C11H7ClN4/c12-8-3-1-4-9(7-8)16-11-10(14-15-16)5-2-6-13-11/h1-7H. The number of hydrogen-bond donors (Lipinski definition) is 0. The molecule has 0 saturated heterocycles. The van der Waals surface area contributed by atoms with Gasteiger partial charge in [-0.25, -0.2) is 4.98 Å². The zero-order valence-corrected chi connectivity index (χ0v) is 8.96. The molecule has 3 aromatic rings. The van der Waals surface area contributed by atoms with Crippen molar-refractivity contribution in [2.24, 2.45) is 0 Å². The molecule has 0 N–H and O–H groups in total. The minimum Gasteiger partial charge on any atom is -0.235 e. The highest BCUT2D eigenvalue weighted by Crippen LogP contribution is 2.17. The van der Waals surface area contributed by atoms with Gasteiger partial charge < -0.3 is 0 Å². The van der Waals surface area contributed by atoms with Crippen LogP contribution in [0.2, 0.25) is 5.02 Å². The summed E-state index contributed by atoms with van der Waals surface area (Å²) in [4.78, 5) is 4.24. The Hall–Kier alpha value is -1.94. The lowest BCUT2D eigenvalue weighted by Gasteiger charge is -2.00. The number of fused-ring (bicyclic) bond motifs is 1. The maximum Gasteiger partial charge on any atom is 0.183 e. The Labute approximate surface area is 96.5 Å². The number of nitrogens with zero attached hydrogens (tertiary/aromatic N) is 4. The molecule has 16 heavy (non-hydrogen) atoms. The molecule has 0 unspecified atom stereocenters. The van der Waals surface area contributed by atoms with Crippen LogP contribution < -0.4 is 0 Å². The predicted octanol–water partition coefficient (Wildman–Crippen LogP) is 2.47. The SMILES string of the molecule is Clc1cccc(-n2nnc3cccnc32)c1. The van der Waals surface area contributed by atoms with E-state index in [1.807, 2.05) is 36.4 Å². The fourth-order valence-electron chi connectivity index (χ4n) is 1.55. The Morgan fingerprint density at radius 2 is 2.06 bits per heavy atom. The Morgan fingerprint density at radius 3 is 2.94 bits per heavy atom. The minimum absolute atomic E-state index is 0.664. The summed E-state index contributed by atoms with van der Waals surface area (Å²) in [6, 6.07) is 11.1. The molecule has 1 aromatic carbocycles. The Kier molecular flexibility index (Phi) is 2.08. The molecular weight excluding hydrogens is 224 g/mol. The van der Waals surface area contributed by atoms with E-state index in [9.17, 15) is 0 Å². The van der Waals surface area contributed by atoms with E-state index in [0.717, 1.165) is 16.9 Å². The molecule has 0 atom stereocenters. The summed E-state index contributed by atoms with van der Waals surface area (Å²) in [5.74, 6) is 0. The number of hydrogen-bond acceptors (Lipinski definition) is 3. The van der Waals surface area contributed by atoms with Gasteiger partial charge in [-0.05, 0) is 30.3 Å². The Morgan fingerprint density at radius 1 is 1.12 bits per heavy atom. The lowest BCUT2D eigenvalue weighted by Crippen LogP contribution is -1.97. The molecule has 4 nitrogen and oxygen atoms in total. The second-order valence-corrected chi connectivity index (χ2v) is 3.76. The third-order valence-corrected chi connectivity index (χ3v) is 2.50. The number of halogens is 1. The largest absolute Gasteiger partial charge is 0.235 e. The van der Waals surface area contributed by atoms with Crippen LogP contribution in [0, 0.1) is 0 Å². The molecule has 3 rings (SSSR count). The van der Waals surface area contributed by atoms with Crippen molar-refractivity contribution < 1.29 is 0 Å². The van der Waals surface area contributed by atoms with Crippen molar-refractivity contribution in [3.63, 3.8) is 0 Å². The quantitative estimate of drug-likeness (QED) is 0.645. The first kappa shape index (κ1) is 9.30. The molecule has 0 aliphatic rings. The highest BCUT2D eigenvalue weighted by molar-refractivity contribution is 6.30. The van der Waals surface area contributed by atoms with Crippen LogP contribution in [0.15, 0.2) is 42.6 Å². The van der Waals surface area contributed by atoms with Crippen LogP contribution in [0.3, 0.4) is 0 Å². The summed E-state index contributed by atoms with van der Waals surface area (Å²) in [7, 11) is 0. The van der Waals surface area contributed by atoms with Gasteiger partial charge in [0.2, 0.25) is 0 Å². The summed E-state index contributed by atoms with van der Waals surface area (Å²) >= 11 is 5.93. The van der Waals surface area contributed by atoms with Crippen LogP contribution in [0.5, 0.6) is 0 Å². The van der Waals surface area contributed by atoms with Crippen LogP contribution in [0.1, 0.15) is 0 Å². The molecule has 0 aliphatic heterocycles. The molecule has 0 fully saturated rings. The van der Waals surface area contributed by atoms with Crippen molar-refractivity contribution in [1.29, 1.82) is 0 Å². The minimum atomic E-state index is 0.664. The fraction of sp³-hybridized carbons (Fsp3) is 0. The average Bonchev–Trinajstić information content (AvgIpc) is 2.72. The first-order valence-corrected chi connectivity index (χ1v) is 5.15. The van der Waals surface area contributed by atoms with Gasteiger partial charge in [-0.1, -0.05) is 22.9 Å². The molecule has 0 radical (unpaired) electrons. The smallest absolute Gasteiger partial charge is 0.183 e. The first-order chi connectivity index (χ1) is 7.84. The highest BCUT2D eigenvalue weighted by Gasteiger charge is 2.06. The summed E-state index contributed by atoms with van der Waals surface area (Å²) < 4.78 is 1.67. The summed E-state index contributed by atoms with van der Waals surface area (Å²) in [6.07, 6.45) is 1.72. The maximum absolute atomic E-state index is 5.93. The third-order valence-electron chi connectivity index (χ3n) is 2.26. The van der Waals surface area contributed by atoms with E-state index in [0.29, 0.717) is 5.02 Å². The molecular formula is C11H7ClN4. The van der Waals surface area contributed by atoms with Crippen molar-refractivity contribution in [1.82, 2.24) is 20.0 Å². The molecule has 2 aromatic heterocycles. The first-order valence-electron chi connectivity index (χ1n) is 4.77. The number of pyridine rings is 1. The van der Waals surface area contributed by atoms with Gasteiger partial charge in [0.05, 0.1) is 5.69 Å². The highest BCUT2D eigenvalue weighted by atomic mass is 35.5. The zero-order chi connectivity index (χ0) is 11.0. The van der Waals surface area contributed by atoms with Crippen molar-refractivity contribution in [3.8, 4) is 5.69 Å². The second kappa shape index (κ2) is 3.57. The molecule has 78 valence electrons. The van der Waals surface area contributed by atoms with Gasteiger partial charge in [0.25, 0.3) is 0 Å². The van der Waals surface area contributed by atoms with Gasteiger partial charge in [0.15, 0.2) is 5.65 Å². The predicted molar refractivity (Wildman–Crippen MR) is 61.7 cm³/mol. The zero-order valence-electron chi connectivity index (χ0n) is 8.21. The maximum atomic E-state index is 5.93. The summed E-state index contributed by atoms with van der Waals surface area (Å²) in [6.45, 7) is 0. The van der Waals surface area contributed by atoms with Crippen molar-refractivity contribution in [3.05, 3.63) is 47.6 Å².